The Morgan fingerprint density at radius 2 is 1.94 bits per heavy atom. The van der Waals surface area contributed by atoms with Crippen LogP contribution in [0.2, 0.25) is 0 Å². The summed E-state index contributed by atoms with van der Waals surface area (Å²) in [4.78, 5) is 22.5. The van der Waals surface area contributed by atoms with Crippen molar-refractivity contribution < 1.29 is 23.8 Å². The summed E-state index contributed by atoms with van der Waals surface area (Å²) in [5.74, 6) is -1.51. The molecule has 1 unspecified atom stereocenters. The number of carbonyl (C=O) groups is 2. The fourth-order valence-electron chi connectivity index (χ4n) is 2.01. The normalized spacial score (nSPS) is 23.2. The van der Waals surface area contributed by atoms with Gasteiger partial charge in [0.1, 0.15) is 0 Å². The number of carbonyl (C=O) groups excluding carboxylic acids is 2. The predicted molar refractivity (Wildman–Crippen MR) is 64.7 cm³/mol. The van der Waals surface area contributed by atoms with E-state index in [2.05, 4.69) is 4.74 Å². The molecule has 0 bridgehead atoms. The molecule has 1 rings (SSSR count). The molecule has 1 aliphatic rings. The van der Waals surface area contributed by atoms with Crippen molar-refractivity contribution in [3.05, 3.63) is 11.1 Å². The fourth-order valence-corrected chi connectivity index (χ4v) is 2.01. The minimum absolute atomic E-state index is 0.228. The van der Waals surface area contributed by atoms with Crippen LogP contribution < -0.4 is 0 Å². The van der Waals surface area contributed by atoms with Gasteiger partial charge in [-0.2, -0.15) is 0 Å². The Kier molecular flexibility index (Phi) is 4.90. The molecular formula is C13H20O5. The maximum atomic E-state index is 11.5. The van der Waals surface area contributed by atoms with Crippen LogP contribution in [0, 0.1) is 0 Å². The Balaban J connectivity index is 2.54. The Morgan fingerprint density at radius 1 is 1.28 bits per heavy atom. The van der Waals surface area contributed by atoms with Gasteiger partial charge in [-0.3, -0.25) is 4.79 Å². The summed E-state index contributed by atoms with van der Waals surface area (Å²) in [5, 5.41) is 0. The minimum atomic E-state index is -0.947. The summed E-state index contributed by atoms with van der Waals surface area (Å²) < 4.78 is 15.2. The van der Waals surface area contributed by atoms with Gasteiger partial charge < -0.3 is 14.2 Å². The average Bonchev–Trinajstić information content (AvgIpc) is 2.59. The zero-order valence-electron chi connectivity index (χ0n) is 11.4. The van der Waals surface area contributed by atoms with E-state index in [0.717, 1.165) is 12.0 Å². The van der Waals surface area contributed by atoms with Crippen molar-refractivity contribution >= 4 is 11.9 Å². The molecular weight excluding hydrogens is 236 g/mol. The number of cyclic esters (lactones) is 1. The Labute approximate surface area is 107 Å². The standard InChI is InChI=1S/C13H20O5/c1-9-10(2)13(17-4,18-12(9)15)8-6-5-7-11(14)16-3/h5-8H2,1-4H3. The molecule has 0 spiro atoms. The van der Waals surface area contributed by atoms with Crippen LogP contribution in [0.1, 0.15) is 39.5 Å². The van der Waals surface area contributed by atoms with E-state index in [0.29, 0.717) is 24.8 Å². The molecule has 0 aliphatic carbocycles. The molecule has 18 heavy (non-hydrogen) atoms. The Bertz CT molecular complexity index is 372. The fraction of sp³-hybridized carbons (Fsp3) is 0.692. The van der Waals surface area contributed by atoms with Gasteiger partial charge in [-0.15, -0.1) is 0 Å². The average molecular weight is 256 g/mol. The van der Waals surface area contributed by atoms with Gasteiger partial charge in [0.2, 0.25) is 5.79 Å². The first kappa shape index (κ1) is 14.7. The molecule has 0 aromatic rings. The first-order valence-electron chi connectivity index (χ1n) is 6.00. The number of hydrogen-bond acceptors (Lipinski definition) is 5. The molecule has 0 fully saturated rings. The van der Waals surface area contributed by atoms with Crippen molar-refractivity contribution in [3.8, 4) is 0 Å². The van der Waals surface area contributed by atoms with E-state index in [1.54, 1.807) is 6.92 Å². The number of ether oxygens (including phenoxy) is 3. The summed E-state index contributed by atoms with van der Waals surface area (Å²) >= 11 is 0. The summed E-state index contributed by atoms with van der Waals surface area (Å²) in [6.07, 6.45) is 2.32. The van der Waals surface area contributed by atoms with Gasteiger partial charge in [0.25, 0.3) is 0 Å². The van der Waals surface area contributed by atoms with Crippen molar-refractivity contribution in [2.24, 2.45) is 0 Å². The summed E-state index contributed by atoms with van der Waals surface area (Å²) in [6, 6.07) is 0. The van der Waals surface area contributed by atoms with E-state index in [1.165, 1.54) is 14.2 Å². The molecule has 5 nitrogen and oxygen atoms in total. The Morgan fingerprint density at radius 3 is 2.39 bits per heavy atom. The van der Waals surface area contributed by atoms with Crippen LogP contribution in [-0.2, 0) is 23.8 Å². The highest BCUT2D eigenvalue weighted by Gasteiger charge is 2.43. The van der Waals surface area contributed by atoms with E-state index in [-0.39, 0.29) is 11.9 Å². The topological polar surface area (TPSA) is 61.8 Å². The molecule has 0 saturated heterocycles. The number of hydrogen-bond donors (Lipinski definition) is 0. The third-order valence-electron chi connectivity index (χ3n) is 3.39. The van der Waals surface area contributed by atoms with Crippen LogP contribution in [0.3, 0.4) is 0 Å². The minimum Gasteiger partial charge on any atom is -0.469 e. The van der Waals surface area contributed by atoms with Gasteiger partial charge in [-0.05, 0) is 26.7 Å². The van der Waals surface area contributed by atoms with Crippen LogP contribution in [0.4, 0.5) is 0 Å². The lowest BCUT2D eigenvalue weighted by molar-refractivity contribution is -0.195. The number of unbranched alkanes of at least 4 members (excludes halogenated alkanes) is 1. The Hall–Kier alpha value is -1.36. The lowest BCUT2D eigenvalue weighted by atomic mass is 9.99. The molecule has 0 radical (unpaired) electrons. The quantitative estimate of drug-likeness (QED) is 0.537. The maximum absolute atomic E-state index is 11.5. The second-order valence-electron chi connectivity index (χ2n) is 4.38. The van der Waals surface area contributed by atoms with Gasteiger partial charge in [0, 0.05) is 31.1 Å². The van der Waals surface area contributed by atoms with Crippen molar-refractivity contribution in [2.75, 3.05) is 14.2 Å². The number of methoxy groups -OCH3 is 2. The van der Waals surface area contributed by atoms with Crippen molar-refractivity contribution in [2.45, 2.75) is 45.3 Å². The second kappa shape index (κ2) is 6.00. The molecule has 5 heteroatoms. The summed E-state index contributed by atoms with van der Waals surface area (Å²) in [7, 11) is 2.89. The van der Waals surface area contributed by atoms with Crippen LogP contribution in [0.15, 0.2) is 11.1 Å². The lowest BCUT2D eigenvalue weighted by Crippen LogP contribution is -2.33. The third-order valence-corrected chi connectivity index (χ3v) is 3.39. The third kappa shape index (κ3) is 2.90. The van der Waals surface area contributed by atoms with E-state index in [1.807, 2.05) is 6.92 Å². The largest absolute Gasteiger partial charge is 0.469 e. The van der Waals surface area contributed by atoms with Crippen molar-refractivity contribution in [1.82, 2.24) is 0 Å². The van der Waals surface area contributed by atoms with Gasteiger partial charge in [0.05, 0.1) is 7.11 Å². The summed E-state index contributed by atoms with van der Waals surface area (Å²) in [5.41, 5.74) is 1.41. The van der Waals surface area contributed by atoms with Gasteiger partial charge >= 0.3 is 11.9 Å². The molecule has 0 amide bonds. The van der Waals surface area contributed by atoms with Crippen LogP contribution in [0.5, 0.6) is 0 Å². The van der Waals surface area contributed by atoms with Gasteiger partial charge in [-0.25, -0.2) is 4.79 Å². The van der Waals surface area contributed by atoms with E-state index < -0.39 is 5.79 Å². The SMILES string of the molecule is COC(=O)CCCCC1(OC)OC(=O)C(C)=C1C. The molecule has 0 aromatic heterocycles. The van der Waals surface area contributed by atoms with E-state index >= 15 is 0 Å². The van der Waals surface area contributed by atoms with Crippen molar-refractivity contribution in [1.29, 1.82) is 0 Å². The second-order valence-corrected chi connectivity index (χ2v) is 4.38. The lowest BCUT2D eigenvalue weighted by Gasteiger charge is -2.27. The first-order chi connectivity index (χ1) is 8.46. The van der Waals surface area contributed by atoms with Gasteiger partial charge in [-0.1, -0.05) is 0 Å². The molecule has 0 N–H and O–H groups in total. The molecule has 1 heterocycles. The van der Waals surface area contributed by atoms with Crippen LogP contribution in [-0.4, -0.2) is 31.9 Å². The molecule has 1 atom stereocenters. The van der Waals surface area contributed by atoms with Crippen LogP contribution in [0.25, 0.3) is 0 Å². The van der Waals surface area contributed by atoms with Crippen molar-refractivity contribution in [3.63, 3.8) is 0 Å². The highest BCUT2D eigenvalue weighted by atomic mass is 16.7. The molecule has 1 aliphatic heterocycles. The van der Waals surface area contributed by atoms with Gasteiger partial charge in [0.15, 0.2) is 0 Å². The zero-order chi connectivity index (χ0) is 13.8. The summed E-state index contributed by atoms with van der Waals surface area (Å²) in [6.45, 7) is 3.57. The molecule has 102 valence electrons. The highest BCUT2D eigenvalue weighted by molar-refractivity contribution is 5.92. The number of esters is 2. The highest BCUT2D eigenvalue weighted by Crippen LogP contribution is 2.37. The monoisotopic (exact) mass is 256 g/mol. The van der Waals surface area contributed by atoms with Crippen LogP contribution >= 0.6 is 0 Å². The first-order valence-corrected chi connectivity index (χ1v) is 6.00. The zero-order valence-corrected chi connectivity index (χ0v) is 11.4. The molecule has 0 saturated carbocycles. The van der Waals surface area contributed by atoms with E-state index in [4.69, 9.17) is 9.47 Å². The number of rotatable bonds is 6. The van der Waals surface area contributed by atoms with E-state index in [9.17, 15) is 9.59 Å². The predicted octanol–water partition coefficient (Wildman–Crippen LogP) is 1.96. The smallest absolute Gasteiger partial charge is 0.336 e. The maximum Gasteiger partial charge on any atom is 0.336 e. The molecule has 0 aromatic carbocycles.